The fourth-order valence-electron chi connectivity index (χ4n) is 1.88. The van der Waals surface area contributed by atoms with Crippen LogP contribution in [0.2, 0.25) is 10.0 Å². The van der Waals surface area contributed by atoms with E-state index < -0.39 is 0 Å². The third kappa shape index (κ3) is 3.26. The zero-order valence-electron chi connectivity index (χ0n) is 10.7. The summed E-state index contributed by atoms with van der Waals surface area (Å²) in [6, 6.07) is 11.1. The molecule has 2 aromatic carbocycles. The number of nitrogens with zero attached hydrogens (tertiary/aromatic N) is 1. The Bertz CT molecular complexity index is 816. The van der Waals surface area contributed by atoms with Gasteiger partial charge in [0.15, 0.2) is 5.11 Å². The molecule has 0 aliphatic carbocycles. The summed E-state index contributed by atoms with van der Waals surface area (Å²) in [6.07, 6.45) is 1.77. The minimum absolute atomic E-state index is 0.465. The molecule has 0 unspecified atom stereocenters. The Morgan fingerprint density at radius 2 is 1.71 bits per heavy atom. The summed E-state index contributed by atoms with van der Waals surface area (Å²) in [4.78, 5) is 0. The molecule has 0 amide bonds. The quantitative estimate of drug-likeness (QED) is 0.595. The van der Waals surface area contributed by atoms with Crippen LogP contribution < -0.4 is 10.6 Å². The number of benzene rings is 2. The maximum atomic E-state index is 5.96. The average Bonchev–Trinajstić information content (AvgIpc) is 2.90. The zero-order valence-corrected chi connectivity index (χ0v) is 13.0. The van der Waals surface area contributed by atoms with Crippen molar-refractivity contribution >= 4 is 62.8 Å². The standard InChI is InChI=1S/C14H10Cl2N4S/c15-11-4-3-9(5-12(11)16)18-14(21)19-10-2-1-8-7-17-20-13(8)6-10/h1-7H,(H,17,20)(H2,18,19,21). The summed E-state index contributed by atoms with van der Waals surface area (Å²) in [7, 11) is 0. The van der Waals surface area contributed by atoms with Crippen molar-refractivity contribution in [2.75, 3.05) is 10.6 Å². The van der Waals surface area contributed by atoms with E-state index in [0.717, 1.165) is 22.3 Å². The van der Waals surface area contributed by atoms with Gasteiger partial charge < -0.3 is 10.6 Å². The fourth-order valence-corrected chi connectivity index (χ4v) is 2.42. The summed E-state index contributed by atoms with van der Waals surface area (Å²) in [6.45, 7) is 0. The van der Waals surface area contributed by atoms with Gasteiger partial charge in [-0.05, 0) is 48.6 Å². The summed E-state index contributed by atoms with van der Waals surface area (Å²) in [5, 5.41) is 15.5. The lowest BCUT2D eigenvalue weighted by atomic mass is 10.2. The second kappa shape index (κ2) is 5.89. The number of hydrogen-bond acceptors (Lipinski definition) is 2. The van der Waals surface area contributed by atoms with Gasteiger partial charge in [0.25, 0.3) is 0 Å². The van der Waals surface area contributed by atoms with Crippen molar-refractivity contribution in [3.8, 4) is 0 Å². The molecule has 0 bridgehead atoms. The summed E-state index contributed by atoms with van der Waals surface area (Å²) >= 11 is 17.1. The molecule has 0 aliphatic heterocycles. The molecule has 106 valence electrons. The van der Waals surface area contributed by atoms with Gasteiger partial charge in [0.05, 0.1) is 21.8 Å². The molecule has 4 nitrogen and oxygen atoms in total. The van der Waals surface area contributed by atoms with Gasteiger partial charge in [0.1, 0.15) is 0 Å². The number of fused-ring (bicyclic) bond motifs is 1. The van der Waals surface area contributed by atoms with Gasteiger partial charge in [-0.2, -0.15) is 5.10 Å². The number of hydrogen-bond donors (Lipinski definition) is 3. The molecule has 1 aromatic heterocycles. The van der Waals surface area contributed by atoms with Crippen LogP contribution in [-0.2, 0) is 0 Å². The lowest BCUT2D eigenvalue weighted by Gasteiger charge is -2.11. The van der Waals surface area contributed by atoms with Gasteiger partial charge in [0.2, 0.25) is 0 Å². The highest BCUT2D eigenvalue weighted by atomic mass is 35.5. The first-order valence-corrected chi connectivity index (χ1v) is 7.24. The van der Waals surface area contributed by atoms with Crippen molar-refractivity contribution in [3.63, 3.8) is 0 Å². The number of nitrogens with one attached hydrogen (secondary N) is 3. The number of aromatic nitrogens is 2. The van der Waals surface area contributed by atoms with E-state index in [1.165, 1.54) is 0 Å². The maximum Gasteiger partial charge on any atom is 0.175 e. The van der Waals surface area contributed by atoms with Crippen LogP contribution in [0, 0.1) is 0 Å². The highest BCUT2D eigenvalue weighted by Gasteiger charge is 2.03. The molecule has 0 saturated heterocycles. The zero-order chi connectivity index (χ0) is 14.8. The molecule has 0 saturated carbocycles. The van der Waals surface area contributed by atoms with Gasteiger partial charge >= 0.3 is 0 Å². The number of aromatic amines is 1. The molecule has 0 spiro atoms. The Morgan fingerprint density at radius 3 is 2.48 bits per heavy atom. The molecule has 3 N–H and O–H groups in total. The second-order valence-corrected chi connectivity index (χ2v) is 5.60. The summed E-state index contributed by atoms with van der Waals surface area (Å²) < 4.78 is 0. The molecule has 0 atom stereocenters. The van der Waals surface area contributed by atoms with Crippen molar-refractivity contribution < 1.29 is 0 Å². The molecule has 1 heterocycles. The van der Waals surface area contributed by atoms with Gasteiger partial charge in [-0.1, -0.05) is 23.2 Å². The number of halogens is 2. The predicted octanol–water partition coefficient (Wildman–Crippen LogP) is 4.68. The average molecular weight is 337 g/mol. The number of H-pyrrole nitrogens is 1. The molecule has 3 aromatic rings. The number of anilines is 2. The summed E-state index contributed by atoms with van der Waals surface area (Å²) in [5.74, 6) is 0. The van der Waals surface area contributed by atoms with Crippen LogP contribution in [0.5, 0.6) is 0 Å². The lowest BCUT2D eigenvalue weighted by Crippen LogP contribution is -2.18. The topological polar surface area (TPSA) is 52.7 Å². The van der Waals surface area contributed by atoms with Crippen LogP contribution in [0.3, 0.4) is 0 Å². The van der Waals surface area contributed by atoms with E-state index in [4.69, 9.17) is 35.4 Å². The van der Waals surface area contributed by atoms with Gasteiger partial charge in [-0.3, -0.25) is 5.10 Å². The van der Waals surface area contributed by atoms with Crippen LogP contribution in [0.1, 0.15) is 0 Å². The van der Waals surface area contributed by atoms with E-state index in [1.54, 1.807) is 24.4 Å². The molecule has 21 heavy (non-hydrogen) atoms. The van der Waals surface area contributed by atoms with E-state index in [-0.39, 0.29) is 0 Å². The van der Waals surface area contributed by atoms with E-state index in [2.05, 4.69) is 20.8 Å². The first-order chi connectivity index (χ1) is 10.1. The van der Waals surface area contributed by atoms with Crippen LogP contribution >= 0.6 is 35.4 Å². The smallest absolute Gasteiger partial charge is 0.175 e. The molecular formula is C14H10Cl2N4S. The van der Waals surface area contributed by atoms with E-state index in [1.807, 2.05) is 18.2 Å². The van der Waals surface area contributed by atoms with Gasteiger partial charge in [-0.15, -0.1) is 0 Å². The third-order valence-electron chi connectivity index (χ3n) is 2.88. The second-order valence-electron chi connectivity index (χ2n) is 4.38. The number of thiocarbonyl (C=S) groups is 1. The van der Waals surface area contributed by atoms with Crippen LogP contribution in [-0.4, -0.2) is 15.3 Å². The Morgan fingerprint density at radius 1 is 1.00 bits per heavy atom. The Balaban J connectivity index is 1.71. The van der Waals surface area contributed by atoms with E-state index in [9.17, 15) is 0 Å². The highest BCUT2D eigenvalue weighted by molar-refractivity contribution is 7.80. The van der Waals surface area contributed by atoms with Gasteiger partial charge in [0, 0.05) is 16.8 Å². The predicted molar refractivity (Wildman–Crippen MR) is 92.4 cm³/mol. The summed E-state index contributed by atoms with van der Waals surface area (Å²) in [5.41, 5.74) is 2.58. The monoisotopic (exact) mass is 336 g/mol. The van der Waals surface area contributed by atoms with Crippen LogP contribution in [0.25, 0.3) is 10.9 Å². The fraction of sp³-hybridized carbons (Fsp3) is 0. The molecule has 0 aliphatic rings. The number of rotatable bonds is 2. The van der Waals surface area contributed by atoms with Crippen molar-refractivity contribution in [2.45, 2.75) is 0 Å². The first-order valence-electron chi connectivity index (χ1n) is 6.08. The maximum absolute atomic E-state index is 5.96. The minimum Gasteiger partial charge on any atom is -0.332 e. The Labute approximate surface area is 136 Å². The van der Waals surface area contributed by atoms with E-state index in [0.29, 0.717) is 15.2 Å². The van der Waals surface area contributed by atoms with Crippen molar-refractivity contribution in [3.05, 3.63) is 52.6 Å². The lowest BCUT2D eigenvalue weighted by molar-refractivity contribution is 1.12. The van der Waals surface area contributed by atoms with Crippen LogP contribution in [0.15, 0.2) is 42.6 Å². The third-order valence-corrected chi connectivity index (χ3v) is 3.82. The molecule has 7 heteroatoms. The van der Waals surface area contributed by atoms with Crippen molar-refractivity contribution in [2.24, 2.45) is 0 Å². The Hall–Kier alpha value is -1.82. The van der Waals surface area contributed by atoms with Gasteiger partial charge in [-0.25, -0.2) is 0 Å². The minimum atomic E-state index is 0.465. The van der Waals surface area contributed by atoms with Crippen molar-refractivity contribution in [1.29, 1.82) is 0 Å². The molecular weight excluding hydrogens is 327 g/mol. The van der Waals surface area contributed by atoms with Crippen molar-refractivity contribution in [1.82, 2.24) is 10.2 Å². The SMILES string of the molecule is S=C(Nc1ccc(Cl)c(Cl)c1)Nc1ccc2cn[nH]c2c1. The molecule has 0 radical (unpaired) electrons. The highest BCUT2D eigenvalue weighted by Crippen LogP contribution is 2.25. The Kier molecular flexibility index (Phi) is 3.96. The first kappa shape index (κ1) is 14.1. The largest absolute Gasteiger partial charge is 0.332 e. The van der Waals surface area contributed by atoms with E-state index >= 15 is 0 Å². The molecule has 3 rings (SSSR count). The van der Waals surface area contributed by atoms with Crippen LogP contribution in [0.4, 0.5) is 11.4 Å². The normalized spacial score (nSPS) is 10.6. The molecule has 0 fully saturated rings.